The van der Waals surface area contributed by atoms with E-state index in [9.17, 15) is 0 Å². The van der Waals surface area contributed by atoms with Gasteiger partial charge in [0, 0.05) is 5.56 Å². The molecule has 0 saturated heterocycles. The molecule has 0 fully saturated rings. The minimum Gasteiger partial charge on any atom is -0.471 e. The maximum absolute atomic E-state index is 5.58. The lowest BCUT2D eigenvalue weighted by molar-refractivity contribution is 0.254. The van der Waals surface area contributed by atoms with Crippen molar-refractivity contribution in [2.45, 2.75) is 13.2 Å². The maximum atomic E-state index is 5.58. The van der Waals surface area contributed by atoms with Crippen molar-refractivity contribution in [1.82, 2.24) is 0 Å². The third kappa shape index (κ3) is 1.21. The Kier molecular flexibility index (Phi) is 1.62. The SMILES string of the molecule is Cc1ccc2c(c1)C=CC(N)O2. The van der Waals surface area contributed by atoms with Crippen LogP contribution in [0.1, 0.15) is 11.1 Å². The quantitative estimate of drug-likeness (QED) is 0.628. The van der Waals surface area contributed by atoms with Crippen LogP contribution in [-0.2, 0) is 0 Å². The molecular weight excluding hydrogens is 150 g/mol. The van der Waals surface area contributed by atoms with Crippen molar-refractivity contribution in [2.24, 2.45) is 5.73 Å². The minimum absolute atomic E-state index is 0.291. The number of aryl methyl sites for hydroxylation is 1. The van der Waals surface area contributed by atoms with Gasteiger partial charge in [0.05, 0.1) is 0 Å². The normalized spacial score (nSPS) is 20.0. The molecule has 2 N–H and O–H groups in total. The van der Waals surface area contributed by atoms with Gasteiger partial charge in [-0.2, -0.15) is 0 Å². The molecule has 0 aliphatic carbocycles. The zero-order valence-corrected chi connectivity index (χ0v) is 6.95. The van der Waals surface area contributed by atoms with E-state index >= 15 is 0 Å². The molecule has 0 bridgehead atoms. The van der Waals surface area contributed by atoms with Gasteiger partial charge in [0.25, 0.3) is 0 Å². The van der Waals surface area contributed by atoms with E-state index in [1.165, 1.54) is 5.56 Å². The van der Waals surface area contributed by atoms with Crippen molar-refractivity contribution in [1.29, 1.82) is 0 Å². The largest absolute Gasteiger partial charge is 0.471 e. The Morgan fingerprint density at radius 3 is 3.08 bits per heavy atom. The summed E-state index contributed by atoms with van der Waals surface area (Å²) in [5.74, 6) is 0.871. The highest BCUT2D eigenvalue weighted by Gasteiger charge is 2.09. The molecular formula is C10H11NO. The molecule has 1 heterocycles. The predicted molar refractivity (Wildman–Crippen MR) is 48.8 cm³/mol. The van der Waals surface area contributed by atoms with E-state index in [4.69, 9.17) is 10.5 Å². The summed E-state index contributed by atoms with van der Waals surface area (Å²) in [6, 6.07) is 6.05. The summed E-state index contributed by atoms with van der Waals surface area (Å²) >= 11 is 0. The molecule has 0 aromatic heterocycles. The Hall–Kier alpha value is -1.28. The van der Waals surface area contributed by atoms with Gasteiger partial charge in [0.2, 0.25) is 0 Å². The highest BCUT2D eigenvalue weighted by atomic mass is 16.5. The fourth-order valence-electron chi connectivity index (χ4n) is 1.29. The van der Waals surface area contributed by atoms with Gasteiger partial charge >= 0.3 is 0 Å². The number of nitrogens with two attached hydrogens (primary N) is 1. The molecule has 0 spiro atoms. The van der Waals surface area contributed by atoms with E-state index in [-0.39, 0.29) is 6.23 Å². The van der Waals surface area contributed by atoms with Gasteiger partial charge in [0.1, 0.15) is 5.75 Å². The second-order valence-corrected chi connectivity index (χ2v) is 2.98. The molecule has 0 radical (unpaired) electrons. The monoisotopic (exact) mass is 161 g/mol. The summed E-state index contributed by atoms with van der Waals surface area (Å²) in [6.07, 6.45) is 3.55. The zero-order chi connectivity index (χ0) is 8.55. The Labute approximate surface area is 71.6 Å². The van der Waals surface area contributed by atoms with Crippen LogP contribution in [-0.4, -0.2) is 6.23 Å². The second kappa shape index (κ2) is 2.64. The first-order chi connectivity index (χ1) is 5.75. The van der Waals surface area contributed by atoms with Gasteiger partial charge in [-0.3, -0.25) is 5.73 Å². The lowest BCUT2D eigenvalue weighted by Gasteiger charge is -2.17. The van der Waals surface area contributed by atoms with Crippen LogP contribution >= 0.6 is 0 Å². The van der Waals surface area contributed by atoms with Crippen LogP contribution in [0.5, 0.6) is 5.75 Å². The summed E-state index contributed by atoms with van der Waals surface area (Å²) < 4.78 is 5.38. The van der Waals surface area contributed by atoms with E-state index in [1.54, 1.807) is 0 Å². The number of rotatable bonds is 0. The molecule has 1 aliphatic rings. The van der Waals surface area contributed by atoms with Crippen LogP contribution in [0, 0.1) is 6.92 Å². The molecule has 1 unspecified atom stereocenters. The van der Waals surface area contributed by atoms with E-state index < -0.39 is 0 Å². The standard InChI is InChI=1S/C10H11NO/c1-7-2-4-9-8(6-7)3-5-10(11)12-9/h2-6,10H,11H2,1H3. The Bertz CT molecular complexity index is 331. The molecule has 1 atom stereocenters. The molecule has 1 aromatic carbocycles. The van der Waals surface area contributed by atoms with Crippen LogP contribution in [0.2, 0.25) is 0 Å². The van der Waals surface area contributed by atoms with Crippen molar-refractivity contribution >= 4 is 6.08 Å². The first kappa shape index (κ1) is 7.37. The van der Waals surface area contributed by atoms with Crippen LogP contribution in [0.15, 0.2) is 24.3 Å². The fraction of sp³-hybridized carbons (Fsp3) is 0.200. The molecule has 2 nitrogen and oxygen atoms in total. The highest BCUT2D eigenvalue weighted by molar-refractivity contribution is 5.60. The summed E-state index contributed by atoms with van der Waals surface area (Å²) in [5.41, 5.74) is 7.92. The number of benzene rings is 1. The second-order valence-electron chi connectivity index (χ2n) is 2.98. The summed E-state index contributed by atoms with van der Waals surface area (Å²) in [7, 11) is 0. The number of hydrogen-bond acceptors (Lipinski definition) is 2. The molecule has 1 aromatic rings. The fourth-order valence-corrected chi connectivity index (χ4v) is 1.29. The lowest BCUT2D eigenvalue weighted by Crippen LogP contribution is -2.26. The van der Waals surface area contributed by atoms with Crippen molar-refractivity contribution in [3.63, 3.8) is 0 Å². The van der Waals surface area contributed by atoms with E-state index in [0.717, 1.165) is 11.3 Å². The van der Waals surface area contributed by atoms with Crippen LogP contribution < -0.4 is 10.5 Å². The summed E-state index contributed by atoms with van der Waals surface area (Å²) in [4.78, 5) is 0. The minimum atomic E-state index is -0.291. The van der Waals surface area contributed by atoms with E-state index in [0.29, 0.717) is 0 Å². The topological polar surface area (TPSA) is 35.2 Å². The third-order valence-corrected chi connectivity index (χ3v) is 1.89. The van der Waals surface area contributed by atoms with Gasteiger partial charge < -0.3 is 4.74 Å². The summed E-state index contributed by atoms with van der Waals surface area (Å²) in [6.45, 7) is 2.06. The molecule has 0 amide bonds. The van der Waals surface area contributed by atoms with Crippen LogP contribution in [0.25, 0.3) is 6.08 Å². The first-order valence-corrected chi connectivity index (χ1v) is 3.97. The maximum Gasteiger partial charge on any atom is 0.167 e. The predicted octanol–water partition coefficient (Wildman–Crippen LogP) is 1.69. The van der Waals surface area contributed by atoms with Gasteiger partial charge in [-0.05, 0) is 25.1 Å². The van der Waals surface area contributed by atoms with Crippen molar-refractivity contribution in [3.05, 3.63) is 35.4 Å². The van der Waals surface area contributed by atoms with Gasteiger partial charge in [-0.1, -0.05) is 17.7 Å². The third-order valence-electron chi connectivity index (χ3n) is 1.89. The van der Waals surface area contributed by atoms with Gasteiger partial charge in [0.15, 0.2) is 6.23 Å². The highest BCUT2D eigenvalue weighted by Crippen LogP contribution is 2.25. The molecule has 0 saturated carbocycles. The summed E-state index contributed by atoms with van der Waals surface area (Å²) in [5, 5.41) is 0. The van der Waals surface area contributed by atoms with Crippen molar-refractivity contribution in [3.8, 4) is 5.75 Å². The molecule has 2 heteroatoms. The van der Waals surface area contributed by atoms with Crippen LogP contribution in [0.4, 0.5) is 0 Å². The average Bonchev–Trinajstić information content (AvgIpc) is 2.05. The Morgan fingerprint density at radius 2 is 2.25 bits per heavy atom. The number of hydrogen-bond donors (Lipinski definition) is 1. The van der Waals surface area contributed by atoms with Crippen molar-refractivity contribution in [2.75, 3.05) is 0 Å². The molecule has 1 aliphatic heterocycles. The molecule has 62 valence electrons. The lowest BCUT2D eigenvalue weighted by atomic mass is 10.1. The van der Waals surface area contributed by atoms with Gasteiger partial charge in [-0.15, -0.1) is 0 Å². The molecule has 12 heavy (non-hydrogen) atoms. The van der Waals surface area contributed by atoms with E-state index in [2.05, 4.69) is 13.0 Å². The zero-order valence-electron chi connectivity index (χ0n) is 6.95. The molecule has 2 rings (SSSR count). The Morgan fingerprint density at radius 1 is 1.42 bits per heavy atom. The van der Waals surface area contributed by atoms with Gasteiger partial charge in [-0.25, -0.2) is 0 Å². The smallest absolute Gasteiger partial charge is 0.167 e. The van der Waals surface area contributed by atoms with E-state index in [1.807, 2.05) is 24.3 Å². The number of ether oxygens (including phenoxy) is 1. The van der Waals surface area contributed by atoms with Crippen molar-refractivity contribution < 1.29 is 4.74 Å². The average molecular weight is 161 g/mol. The first-order valence-electron chi connectivity index (χ1n) is 3.97. The Balaban J connectivity index is 2.47. The number of fused-ring (bicyclic) bond motifs is 1. The van der Waals surface area contributed by atoms with Crippen LogP contribution in [0.3, 0.4) is 0 Å².